The monoisotopic (exact) mass is 216 g/mol. The molecule has 14 heavy (non-hydrogen) atoms. The molecular weight excluding hydrogens is 211 g/mol. The zero-order valence-corrected chi connectivity index (χ0v) is 7.64. The average molecular weight is 216 g/mol. The van der Waals surface area contributed by atoms with Crippen molar-refractivity contribution in [3.63, 3.8) is 0 Å². The molecule has 1 atom stereocenters. The Morgan fingerprint density at radius 2 is 1.57 bits per heavy atom. The van der Waals surface area contributed by atoms with Gasteiger partial charge in [-0.15, -0.1) is 8.19 Å². The van der Waals surface area contributed by atoms with Crippen LogP contribution < -0.4 is 0 Å². The molecule has 6 nitrogen and oxygen atoms in total. The highest BCUT2D eigenvalue weighted by molar-refractivity contribution is 7.32. The molecule has 0 aromatic carbocycles. The first kappa shape index (κ1) is 10.3. The lowest BCUT2D eigenvalue weighted by Gasteiger charge is -1.95. The molecule has 74 valence electrons. The second kappa shape index (κ2) is 3.51. The van der Waals surface area contributed by atoms with Crippen molar-refractivity contribution in [3.8, 4) is 0 Å². The maximum atomic E-state index is 10.6. The number of hydrogen-bond acceptors (Lipinski definition) is 3. The first-order valence-electron chi connectivity index (χ1n) is 3.36. The molecule has 3 N–H and O–H groups in total. The molecule has 0 amide bonds. The highest BCUT2D eigenvalue weighted by Crippen LogP contribution is 2.26. The third-order valence-electron chi connectivity index (χ3n) is 1.54. The molecule has 1 heterocycles. The van der Waals surface area contributed by atoms with E-state index in [0.29, 0.717) is 0 Å². The molecular formula is C7H5O6P. The number of hydrogen-bond donors (Lipinski definition) is 3. The SMILES string of the molecule is O=C(O)c1c[pH]c(C(=O)O)c1C(=O)O. The number of carbonyl (C=O) groups is 3. The lowest BCUT2D eigenvalue weighted by Crippen LogP contribution is -2.09. The Balaban J connectivity index is 3.42. The van der Waals surface area contributed by atoms with Gasteiger partial charge in [-0.1, -0.05) is 0 Å². The second-order valence-electron chi connectivity index (χ2n) is 2.37. The molecule has 0 saturated heterocycles. The lowest BCUT2D eigenvalue weighted by molar-refractivity contribution is 0.0637. The Kier molecular flexibility index (Phi) is 2.58. The summed E-state index contributed by atoms with van der Waals surface area (Å²) >= 11 is 0. The van der Waals surface area contributed by atoms with Gasteiger partial charge in [0.15, 0.2) is 0 Å². The van der Waals surface area contributed by atoms with Crippen LogP contribution in [0.3, 0.4) is 0 Å². The van der Waals surface area contributed by atoms with Crippen molar-refractivity contribution in [2.45, 2.75) is 0 Å². The van der Waals surface area contributed by atoms with Gasteiger partial charge >= 0.3 is 17.9 Å². The molecule has 1 rings (SSSR count). The largest absolute Gasteiger partial charge is 0.478 e. The van der Waals surface area contributed by atoms with E-state index in [0.717, 1.165) is 5.80 Å². The van der Waals surface area contributed by atoms with Crippen LogP contribution in [0.2, 0.25) is 0 Å². The van der Waals surface area contributed by atoms with Crippen molar-refractivity contribution in [1.29, 1.82) is 0 Å². The van der Waals surface area contributed by atoms with Crippen LogP contribution in [0.1, 0.15) is 30.8 Å². The van der Waals surface area contributed by atoms with Gasteiger partial charge in [0.25, 0.3) is 0 Å². The third-order valence-corrected chi connectivity index (χ3v) is 2.72. The summed E-state index contributed by atoms with van der Waals surface area (Å²) in [7, 11) is -0.417. The molecule has 1 aromatic heterocycles. The Hall–Kier alpha value is -1.81. The van der Waals surface area contributed by atoms with Gasteiger partial charge in [0.2, 0.25) is 0 Å². The molecule has 0 aliphatic rings. The van der Waals surface area contributed by atoms with Crippen LogP contribution in [0.15, 0.2) is 5.80 Å². The molecule has 1 aromatic rings. The molecule has 0 aliphatic carbocycles. The summed E-state index contributed by atoms with van der Waals surface area (Å²) in [6, 6.07) is 0. The van der Waals surface area contributed by atoms with E-state index in [1.807, 2.05) is 0 Å². The predicted molar refractivity (Wildman–Crippen MR) is 46.8 cm³/mol. The van der Waals surface area contributed by atoms with Crippen molar-refractivity contribution in [1.82, 2.24) is 0 Å². The van der Waals surface area contributed by atoms with Crippen LogP contribution >= 0.6 is 8.19 Å². The zero-order chi connectivity index (χ0) is 10.9. The molecule has 0 fully saturated rings. The van der Waals surface area contributed by atoms with Crippen molar-refractivity contribution in [2.75, 3.05) is 0 Å². The molecule has 0 spiro atoms. The summed E-state index contributed by atoms with van der Waals surface area (Å²) in [4.78, 5) is 31.7. The van der Waals surface area contributed by atoms with Gasteiger partial charge in [0.1, 0.15) is 0 Å². The summed E-state index contributed by atoms with van der Waals surface area (Å²) in [6.07, 6.45) is 0. The fourth-order valence-corrected chi connectivity index (χ4v) is 2.05. The second-order valence-corrected chi connectivity index (χ2v) is 3.45. The van der Waals surface area contributed by atoms with E-state index in [4.69, 9.17) is 15.3 Å². The van der Waals surface area contributed by atoms with E-state index < -0.39 is 37.2 Å². The minimum absolute atomic E-state index is 0.366. The normalized spacial score (nSPS) is 10.3. The average Bonchev–Trinajstić information content (AvgIpc) is 2.46. The van der Waals surface area contributed by atoms with Crippen LogP contribution in [-0.4, -0.2) is 33.2 Å². The fourth-order valence-electron chi connectivity index (χ4n) is 0.983. The van der Waals surface area contributed by atoms with E-state index in [2.05, 4.69) is 0 Å². The van der Waals surface area contributed by atoms with Gasteiger partial charge in [-0.05, 0) is 5.80 Å². The van der Waals surface area contributed by atoms with Crippen molar-refractivity contribution < 1.29 is 29.7 Å². The van der Waals surface area contributed by atoms with E-state index in [-0.39, 0.29) is 5.30 Å². The molecule has 0 aliphatic heterocycles. The Bertz CT molecular complexity index is 386. The molecule has 0 radical (unpaired) electrons. The first-order valence-corrected chi connectivity index (χ1v) is 4.44. The summed E-state index contributed by atoms with van der Waals surface area (Å²) in [5.74, 6) is -3.24. The van der Waals surface area contributed by atoms with E-state index >= 15 is 0 Å². The van der Waals surface area contributed by atoms with Crippen molar-refractivity contribution in [2.24, 2.45) is 0 Å². The first-order chi connectivity index (χ1) is 6.45. The van der Waals surface area contributed by atoms with E-state index in [9.17, 15) is 14.4 Å². The topological polar surface area (TPSA) is 112 Å². The van der Waals surface area contributed by atoms with Gasteiger partial charge in [-0.2, -0.15) is 0 Å². The van der Waals surface area contributed by atoms with E-state index in [1.54, 1.807) is 0 Å². The maximum absolute atomic E-state index is 10.6. The molecule has 7 heteroatoms. The van der Waals surface area contributed by atoms with Crippen molar-refractivity contribution >= 4 is 26.1 Å². The number of carboxylic acids is 3. The van der Waals surface area contributed by atoms with Crippen LogP contribution in [0.5, 0.6) is 0 Å². The summed E-state index contributed by atoms with van der Waals surface area (Å²) < 4.78 is 0. The third kappa shape index (κ3) is 1.60. The van der Waals surface area contributed by atoms with Gasteiger partial charge in [-0.25, -0.2) is 14.4 Å². The number of rotatable bonds is 3. The molecule has 0 bridgehead atoms. The Morgan fingerprint density at radius 3 is 1.93 bits per heavy atom. The van der Waals surface area contributed by atoms with Crippen LogP contribution in [0, 0.1) is 0 Å². The number of aromatic carboxylic acids is 3. The van der Waals surface area contributed by atoms with Gasteiger partial charge in [0.05, 0.1) is 16.4 Å². The van der Waals surface area contributed by atoms with Crippen LogP contribution in [0.25, 0.3) is 0 Å². The molecule has 0 saturated carbocycles. The highest BCUT2D eigenvalue weighted by Gasteiger charge is 2.25. The maximum Gasteiger partial charge on any atom is 0.340 e. The Morgan fingerprint density at radius 1 is 1.00 bits per heavy atom. The van der Waals surface area contributed by atoms with Gasteiger partial charge in [-0.3, -0.25) is 0 Å². The zero-order valence-electron chi connectivity index (χ0n) is 6.64. The smallest absolute Gasteiger partial charge is 0.340 e. The van der Waals surface area contributed by atoms with E-state index in [1.165, 1.54) is 0 Å². The standard InChI is InChI=1S/C7H5O6P/c8-5(9)2-1-14-4(7(12)13)3(2)6(10)11/h1,14H,(H,8,9)(H,10,11)(H,12,13). The minimum atomic E-state index is -1.53. The van der Waals surface area contributed by atoms with Crippen molar-refractivity contribution in [3.05, 3.63) is 22.2 Å². The fraction of sp³-hybridized carbons (Fsp3) is 0. The highest BCUT2D eigenvalue weighted by atomic mass is 31.0. The quantitative estimate of drug-likeness (QED) is 0.689. The summed E-state index contributed by atoms with van der Waals surface area (Å²) in [5, 5.41) is 25.4. The van der Waals surface area contributed by atoms with Crippen LogP contribution in [0.4, 0.5) is 0 Å². The summed E-state index contributed by atoms with van der Waals surface area (Å²) in [6.45, 7) is 0. The Labute approximate surface area is 78.9 Å². The van der Waals surface area contributed by atoms with Gasteiger partial charge in [0, 0.05) is 0 Å². The summed E-state index contributed by atoms with van der Waals surface area (Å²) in [5.41, 5.74) is -1.07. The lowest BCUT2D eigenvalue weighted by atomic mass is 10.1. The van der Waals surface area contributed by atoms with Gasteiger partial charge < -0.3 is 15.3 Å². The number of carboxylic acid groups (broad SMARTS) is 3. The minimum Gasteiger partial charge on any atom is -0.478 e. The molecule has 1 unspecified atom stereocenters. The predicted octanol–water partition coefficient (Wildman–Crippen LogP) is 0.812. The van der Waals surface area contributed by atoms with Crippen LogP contribution in [-0.2, 0) is 0 Å².